The molecule has 0 aliphatic carbocycles. The van der Waals surface area contributed by atoms with Crippen LogP contribution in [0.4, 0.5) is 4.39 Å². The Bertz CT molecular complexity index is 1130. The number of carbonyl (C=O) groups is 2. The molecule has 4 nitrogen and oxygen atoms in total. The van der Waals surface area contributed by atoms with Gasteiger partial charge in [0.1, 0.15) is 11.4 Å². The number of hydrogen-bond acceptors (Lipinski definition) is 2. The molecule has 158 valence electrons. The van der Waals surface area contributed by atoms with Crippen LogP contribution in [0.5, 0.6) is 0 Å². The zero-order valence-corrected chi connectivity index (χ0v) is 17.8. The summed E-state index contributed by atoms with van der Waals surface area (Å²) < 4.78 is 13.8. The molecule has 4 rings (SSSR count). The fourth-order valence-electron chi connectivity index (χ4n) is 3.96. The molecule has 1 atom stereocenters. The summed E-state index contributed by atoms with van der Waals surface area (Å²) in [4.78, 5) is 28.3. The zero-order chi connectivity index (χ0) is 22.0. The zero-order valence-electron chi connectivity index (χ0n) is 17.1. The minimum Gasteiger partial charge on any atom is -0.350 e. The molecule has 3 aromatic rings. The average molecular weight is 437 g/mol. The predicted octanol–water partition coefficient (Wildman–Crippen LogP) is 4.75. The lowest BCUT2D eigenvalue weighted by Gasteiger charge is -2.44. The summed E-state index contributed by atoms with van der Waals surface area (Å²) in [6.45, 7) is 2.21. The van der Waals surface area contributed by atoms with Gasteiger partial charge in [0.15, 0.2) is 0 Å². The monoisotopic (exact) mass is 436 g/mol. The molecule has 1 heterocycles. The fraction of sp³-hybridized carbons (Fsp3) is 0.200. The molecular weight excluding hydrogens is 415 g/mol. The number of nitrogens with one attached hydrogen (secondary N) is 1. The summed E-state index contributed by atoms with van der Waals surface area (Å²) >= 11 is 5.93. The maximum absolute atomic E-state index is 13.8. The molecule has 0 saturated carbocycles. The number of hydrogen-bond donors (Lipinski definition) is 1. The van der Waals surface area contributed by atoms with Gasteiger partial charge >= 0.3 is 0 Å². The van der Waals surface area contributed by atoms with E-state index in [0.717, 1.165) is 11.1 Å². The van der Waals surface area contributed by atoms with Crippen LogP contribution in [-0.2, 0) is 24.3 Å². The normalized spacial score (nSPS) is 17.9. The third kappa shape index (κ3) is 4.32. The highest BCUT2D eigenvalue weighted by Gasteiger charge is 2.46. The Morgan fingerprint density at radius 1 is 1.06 bits per heavy atom. The van der Waals surface area contributed by atoms with E-state index < -0.39 is 5.54 Å². The minimum atomic E-state index is -1.12. The molecule has 31 heavy (non-hydrogen) atoms. The van der Waals surface area contributed by atoms with Gasteiger partial charge < -0.3 is 10.2 Å². The topological polar surface area (TPSA) is 49.4 Å². The number of benzene rings is 3. The van der Waals surface area contributed by atoms with E-state index in [1.807, 2.05) is 24.3 Å². The lowest BCUT2D eigenvalue weighted by molar-refractivity contribution is -0.132. The van der Waals surface area contributed by atoms with Crippen LogP contribution in [0.25, 0.3) is 0 Å². The number of halogens is 2. The third-order valence-corrected chi connectivity index (χ3v) is 5.96. The fourth-order valence-corrected chi connectivity index (χ4v) is 4.09. The van der Waals surface area contributed by atoms with Crippen molar-refractivity contribution in [1.29, 1.82) is 0 Å². The molecule has 0 spiro atoms. The van der Waals surface area contributed by atoms with Crippen LogP contribution in [0.1, 0.15) is 34.0 Å². The van der Waals surface area contributed by atoms with E-state index in [1.165, 1.54) is 12.1 Å². The molecule has 0 saturated heterocycles. The van der Waals surface area contributed by atoms with Gasteiger partial charge in [-0.25, -0.2) is 4.39 Å². The molecule has 6 heteroatoms. The Balaban J connectivity index is 1.64. The van der Waals surface area contributed by atoms with Crippen LogP contribution in [0, 0.1) is 5.82 Å². The van der Waals surface area contributed by atoms with Gasteiger partial charge in [-0.1, -0.05) is 54.1 Å². The number of amides is 2. The molecular formula is C25H22ClFN2O2. The smallest absolute Gasteiger partial charge is 0.255 e. The molecule has 1 aliphatic heterocycles. The van der Waals surface area contributed by atoms with Gasteiger partial charge in [0, 0.05) is 30.1 Å². The Labute approximate surface area is 185 Å². The van der Waals surface area contributed by atoms with E-state index in [1.54, 1.807) is 48.2 Å². The third-order valence-electron chi connectivity index (χ3n) is 5.71. The second-order valence-corrected chi connectivity index (χ2v) is 8.37. The van der Waals surface area contributed by atoms with Gasteiger partial charge in [-0.2, -0.15) is 0 Å². The van der Waals surface area contributed by atoms with Crippen molar-refractivity contribution < 1.29 is 14.0 Å². The maximum atomic E-state index is 13.8. The van der Waals surface area contributed by atoms with Gasteiger partial charge in [-0.05, 0) is 53.9 Å². The summed E-state index contributed by atoms with van der Waals surface area (Å²) in [5, 5.41) is 3.58. The first-order chi connectivity index (χ1) is 14.9. The van der Waals surface area contributed by atoms with Crippen molar-refractivity contribution in [2.24, 2.45) is 0 Å². The molecule has 0 radical (unpaired) electrons. The second kappa shape index (κ2) is 8.52. The minimum absolute atomic E-state index is 0.135. The van der Waals surface area contributed by atoms with E-state index in [4.69, 9.17) is 11.6 Å². The van der Waals surface area contributed by atoms with E-state index in [9.17, 15) is 14.0 Å². The van der Waals surface area contributed by atoms with Gasteiger partial charge in [0.25, 0.3) is 5.91 Å². The molecule has 2 amide bonds. The molecule has 0 bridgehead atoms. The van der Waals surface area contributed by atoms with Crippen molar-refractivity contribution in [1.82, 2.24) is 10.2 Å². The van der Waals surface area contributed by atoms with Crippen molar-refractivity contribution in [3.05, 3.63) is 106 Å². The highest BCUT2D eigenvalue weighted by molar-refractivity contribution is 6.30. The molecule has 1 N–H and O–H groups in total. The SMILES string of the molecule is C[C@@]1(C(=O)NCc2ccc(Cl)cc2)Cc2ccccc2C(=O)N1Cc1cccc(F)c1. The summed E-state index contributed by atoms with van der Waals surface area (Å²) in [5.74, 6) is -0.881. The van der Waals surface area contributed by atoms with Gasteiger partial charge in [0.2, 0.25) is 5.91 Å². The Hall–Kier alpha value is -3.18. The van der Waals surface area contributed by atoms with E-state index >= 15 is 0 Å². The van der Waals surface area contributed by atoms with Crippen molar-refractivity contribution in [3.63, 3.8) is 0 Å². The second-order valence-electron chi connectivity index (χ2n) is 7.94. The number of carbonyl (C=O) groups excluding carboxylic acids is 2. The first-order valence-corrected chi connectivity index (χ1v) is 10.4. The van der Waals surface area contributed by atoms with E-state index in [2.05, 4.69) is 5.32 Å². The predicted molar refractivity (Wildman–Crippen MR) is 118 cm³/mol. The van der Waals surface area contributed by atoms with Crippen molar-refractivity contribution in [3.8, 4) is 0 Å². The van der Waals surface area contributed by atoms with Crippen LogP contribution in [0.2, 0.25) is 5.02 Å². The molecule has 0 aromatic heterocycles. The van der Waals surface area contributed by atoms with Gasteiger partial charge in [-0.15, -0.1) is 0 Å². The Morgan fingerprint density at radius 2 is 1.81 bits per heavy atom. The van der Waals surface area contributed by atoms with Crippen molar-refractivity contribution in [2.75, 3.05) is 0 Å². The largest absolute Gasteiger partial charge is 0.350 e. The number of fused-ring (bicyclic) bond motifs is 1. The quantitative estimate of drug-likeness (QED) is 0.627. The van der Waals surface area contributed by atoms with Crippen molar-refractivity contribution >= 4 is 23.4 Å². The standard InChI is InChI=1S/C25H22ClFN2O2/c1-25(24(31)28-15-17-9-11-20(26)12-10-17)14-19-6-2-3-8-22(19)23(30)29(25)16-18-5-4-7-21(27)13-18/h2-13H,14-16H2,1H3,(H,28,31)/t25-/m0/s1. The lowest BCUT2D eigenvalue weighted by atomic mass is 9.82. The van der Waals surface area contributed by atoms with Crippen LogP contribution in [-0.4, -0.2) is 22.3 Å². The molecule has 0 fully saturated rings. The van der Waals surface area contributed by atoms with Crippen molar-refractivity contribution in [2.45, 2.75) is 32.0 Å². The van der Waals surface area contributed by atoms with E-state index in [0.29, 0.717) is 29.1 Å². The van der Waals surface area contributed by atoms with Crippen LogP contribution < -0.4 is 5.32 Å². The summed E-state index contributed by atoms with van der Waals surface area (Å²) in [6, 6.07) is 20.6. The van der Waals surface area contributed by atoms with Crippen LogP contribution in [0.15, 0.2) is 72.8 Å². The lowest BCUT2D eigenvalue weighted by Crippen LogP contribution is -2.62. The summed E-state index contributed by atoms with van der Waals surface area (Å²) in [5.41, 5.74) is 1.81. The maximum Gasteiger partial charge on any atom is 0.255 e. The highest BCUT2D eigenvalue weighted by atomic mass is 35.5. The first-order valence-electron chi connectivity index (χ1n) is 10.0. The molecule has 0 unspecified atom stereocenters. The number of rotatable bonds is 5. The summed E-state index contributed by atoms with van der Waals surface area (Å²) in [7, 11) is 0. The molecule has 1 aliphatic rings. The van der Waals surface area contributed by atoms with Gasteiger partial charge in [0.05, 0.1) is 0 Å². The number of nitrogens with zero attached hydrogens (tertiary/aromatic N) is 1. The Kier molecular flexibility index (Phi) is 5.79. The first kappa shape index (κ1) is 21.1. The average Bonchev–Trinajstić information content (AvgIpc) is 2.76. The molecule has 3 aromatic carbocycles. The Morgan fingerprint density at radius 3 is 2.55 bits per heavy atom. The van der Waals surface area contributed by atoms with Gasteiger partial charge in [-0.3, -0.25) is 9.59 Å². The summed E-state index contributed by atoms with van der Waals surface area (Å²) in [6.07, 6.45) is 0.372. The highest BCUT2D eigenvalue weighted by Crippen LogP contribution is 2.33. The van der Waals surface area contributed by atoms with Crippen LogP contribution in [0.3, 0.4) is 0 Å². The van der Waals surface area contributed by atoms with E-state index in [-0.39, 0.29) is 24.2 Å². The van der Waals surface area contributed by atoms with Crippen LogP contribution >= 0.6 is 11.6 Å².